The first-order valence-corrected chi connectivity index (χ1v) is 9.93. The fraction of sp³-hybridized carbons (Fsp3) is 0.579. The predicted octanol–water partition coefficient (Wildman–Crippen LogP) is 2.81. The Balaban J connectivity index is 1.21. The Hall–Kier alpha value is -2.69. The molecule has 0 aromatic carbocycles. The van der Waals surface area contributed by atoms with Gasteiger partial charge in [-0.3, -0.25) is 10.1 Å². The minimum Gasteiger partial charge on any atom is -0.373 e. The summed E-state index contributed by atoms with van der Waals surface area (Å²) in [5.41, 5.74) is -0.317. The number of aromatic amines is 1. The molecule has 2 aromatic rings. The molecule has 30 heavy (non-hydrogen) atoms. The normalized spacial score (nSPS) is 20.7. The van der Waals surface area contributed by atoms with E-state index in [9.17, 15) is 18.0 Å². The molecule has 4 rings (SSSR count). The number of likely N-dealkylation sites (tertiary alicyclic amines) is 2. The summed E-state index contributed by atoms with van der Waals surface area (Å²) in [5.74, 6) is 1.00. The third-order valence-corrected chi connectivity index (χ3v) is 5.59. The largest absolute Gasteiger partial charge is 0.433 e. The second-order valence-electron chi connectivity index (χ2n) is 7.63. The molecule has 0 saturated carbocycles. The lowest BCUT2D eigenvalue weighted by atomic mass is 10.1. The van der Waals surface area contributed by atoms with Crippen molar-refractivity contribution in [2.24, 2.45) is 0 Å². The van der Waals surface area contributed by atoms with Crippen LogP contribution in [0.3, 0.4) is 0 Å². The zero-order chi connectivity index (χ0) is 21.1. The number of carbonyl (C=O) groups excluding carboxylic acids is 1. The van der Waals surface area contributed by atoms with Gasteiger partial charge in [-0.05, 0) is 30.9 Å². The standard InChI is InChI=1S/C19H23F3N6O2/c20-19(21,22)16-2-1-13(9-23-16)11-30-15-4-7-27(8-5-15)18(29)28-6-3-14(10-28)17-24-12-25-26-17/h1-2,9,12,14-15H,3-8,10-11H2,(H,24,25,26)/t14-/m0/s1. The van der Waals surface area contributed by atoms with E-state index in [-0.39, 0.29) is 24.7 Å². The number of nitrogens with zero attached hydrogens (tertiary/aromatic N) is 5. The number of rotatable bonds is 4. The average Bonchev–Trinajstić information content (AvgIpc) is 3.43. The zero-order valence-corrected chi connectivity index (χ0v) is 16.3. The maximum absolute atomic E-state index is 12.8. The number of pyridine rings is 1. The molecule has 11 heteroatoms. The van der Waals surface area contributed by atoms with E-state index in [4.69, 9.17) is 4.74 Å². The van der Waals surface area contributed by atoms with Crippen molar-refractivity contribution in [2.75, 3.05) is 26.2 Å². The number of carbonyl (C=O) groups is 1. The number of amides is 2. The first-order chi connectivity index (χ1) is 14.4. The highest BCUT2D eigenvalue weighted by Gasteiger charge is 2.34. The van der Waals surface area contributed by atoms with E-state index < -0.39 is 11.9 Å². The molecule has 8 nitrogen and oxygen atoms in total. The molecule has 0 aliphatic carbocycles. The molecular weight excluding hydrogens is 401 g/mol. The Labute approximate surface area is 171 Å². The van der Waals surface area contributed by atoms with Gasteiger partial charge in [0.25, 0.3) is 0 Å². The summed E-state index contributed by atoms with van der Waals surface area (Å²) in [7, 11) is 0. The summed E-state index contributed by atoms with van der Waals surface area (Å²) in [6.07, 6.45) is 0.450. The third kappa shape index (κ3) is 4.72. The van der Waals surface area contributed by atoms with Gasteiger partial charge in [0, 0.05) is 38.3 Å². The van der Waals surface area contributed by atoms with Crippen molar-refractivity contribution in [3.63, 3.8) is 0 Å². The van der Waals surface area contributed by atoms with E-state index in [1.54, 1.807) is 0 Å². The van der Waals surface area contributed by atoms with Gasteiger partial charge in [0.05, 0.1) is 12.7 Å². The Bertz CT molecular complexity index is 835. The topological polar surface area (TPSA) is 87.2 Å². The monoisotopic (exact) mass is 424 g/mol. The molecule has 2 fully saturated rings. The molecule has 1 N–H and O–H groups in total. The van der Waals surface area contributed by atoms with Gasteiger partial charge in [0.15, 0.2) is 0 Å². The molecule has 2 aliphatic heterocycles. The van der Waals surface area contributed by atoms with Gasteiger partial charge in [-0.1, -0.05) is 6.07 Å². The van der Waals surface area contributed by atoms with E-state index in [2.05, 4.69) is 20.2 Å². The summed E-state index contributed by atoms with van der Waals surface area (Å²) in [6.45, 7) is 2.72. The highest BCUT2D eigenvalue weighted by atomic mass is 19.4. The molecule has 0 bridgehead atoms. The van der Waals surface area contributed by atoms with Gasteiger partial charge in [-0.25, -0.2) is 9.78 Å². The van der Waals surface area contributed by atoms with Gasteiger partial charge < -0.3 is 14.5 Å². The van der Waals surface area contributed by atoms with E-state index in [1.165, 1.54) is 18.6 Å². The second kappa shape index (κ2) is 8.58. The Morgan fingerprint density at radius 1 is 1.13 bits per heavy atom. The molecule has 2 aliphatic rings. The maximum Gasteiger partial charge on any atom is 0.433 e. The number of halogens is 3. The summed E-state index contributed by atoms with van der Waals surface area (Å²) in [6, 6.07) is 2.37. The molecule has 4 heterocycles. The number of hydrogen-bond acceptors (Lipinski definition) is 5. The van der Waals surface area contributed by atoms with Crippen molar-refractivity contribution in [1.29, 1.82) is 0 Å². The molecule has 162 valence electrons. The number of urea groups is 1. The number of aromatic nitrogens is 4. The van der Waals surface area contributed by atoms with Crippen LogP contribution in [0.2, 0.25) is 0 Å². The van der Waals surface area contributed by atoms with Crippen molar-refractivity contribution in [3.05, 3.63) is 41.7 Å². The van der Waals surface area contributed by atoms with Crippen molar-refractivity contribution in [1.82, 2.24) is 30.0 Å². The molecular formula is C19H23F3N6O2. The van der Waals surface area contributed by atoms with Crippen LogP contribution in [0, 0.1) is 0 Å². The first-order valence-electron chi connectivity index (χ1n) is 9.93. The number of H-pyrrole nitrogens is 1. The van der Waals surface area contributed by atoms with Gasteiger partial charge in [0.1, 0.15) is 17.8 Å². The Morgan fingerprint density at radius 2 is 1.90 bits per heavy atom. The van der Waals surface area contributed by atoms with E-state index in [0.29, 0.717) is 44.6 Å². The van der Waals surface area contributed by atoms with Gasteiger partial charge in [0.2, 0.25) is 0 Å². The fourth-order valence-electron chi connectivity index (χ4n) is 3.87. The van der Waals surface area contributed by atoms with Crippen molar-refractivity contribution >= 4 is 6.03 Å². The van der Waals surface area contributed by atoms with Crippen LogP contribution in [0.1, 0.15) is 42.3 Å². The molecule has 0 spiro atoms. The van der Waals surface area contributed by atoms with Crippen LogP contribution >= 0.6 is 0 Å². The molecule has 2 amide bonds. The number of nitrogens with one attached hydrogen (secondary N) is 1. The van der Waals surface area contributed by atoms with Gasteiger partial charge in [-0.2, -0.15) is 18.3 Å². The lowest BCUT2D eigenvalue weighted by Gasteiger charge is -2.34. The summed E-state index contributed by atoms with van der Waals surface area (Å²) in [5, 5.41) is 6.74. The minimum atomic E-state index is -4.44. The summed E-state index contributed by atoms with van der Waals surface area (Å²) in [4.78, 5) is 24.1. The number of hydrogen-bond donors (Lipinski definition) is 1. The number of ether oxygens (including phenoxy) is 1. The van der Waals surface area contributed by atoms with Crippen LogP contribution in [0.25, 0.3) is 0 Å². The third-order valence-electron chi connectivity index (χ3n) is 5.59. The van der Waals surface area contributed by atoms with Crippen LogP contribution in [0.15, 0.2) is 24.7 Å². The van der Waals surface area contributed by atoms with E-state index >= 15 is 0 Å². The lowest BCUT2D eigenvalue weighted by Crippen LogP contribution is -2.47. The molecule has 0 unspecified atom stereocenters. The number of alkyl halides is 3. The second-order valence-corrected chi connectivity index (χ2v) is 7.63. The molecule has 0 radical (unpaired) electrons. The van der Waals surface area contributed by atoms with Crippen LogP contribution in [0.4, 0.5) is 18.0 Å². The highest BCUT2D eigenvalue weighted by molar-refractivity contribution is 5.75. The van der Waals surface area contributed by atoms with Crippen LogP contribution in [-0.2, 0) is 17.5 Å². The quantitative estimate of drug-likeness (QED) is 0.816. The van der Waals surface area contributed by atoms with Crippen LogP contribution < -0.4 is 0 Å². The highest BCUT2D eigenvalue weighted by Crippen LogP contribution is 2.28. The smallest absolute Gasteiger partial charge is 0.373 e. The lowest BCUT2D eigenvalue weighted by molar-refractivity contribution is -0.141. The fourth-order valence-corrected chi connectivity index (χ4v) is 3.87. The Morgan fingerprint density at radius 3 is 2.53 bits per heavy atom. The van der Waals surface area contributed by atoms with Crippen LogP contribution in [-0.4, -0.2) is 68.3 Å². The predicted molar refractivity (Wildman–Crippen MR) is 99.3 cm³/mol. The van der Waals surface area contributed by atoms with Gasteiger partial charge >= 0.3 is 12.2 Å². The van der Waals surface area contributed by atoms with E-state index in [1.807, 2.05) is 9.80 Å². The zero-order valence-electron chi connectivity index (χ0n) is 16.3. The van der Waals surface area contributed by atoms with E-state index in [0.717, 1.165) is 18.3 Å². The SMILES string of the molecule is O=C(N1CCC(OCc2ccc(C(F)(F)F)nc2)CC1)N1CC[C@H](c2ncn[nH]2)C1. The molecule has 1 atom stereocenters. The summed E-state index contributed by atoms with van der Waals surface area (Å²) >= 11 is 0. The summed E-state index contributed by atoms with van der Waals surface area (Å²) < 4.78 is 43.5. The maximum atomic E-state index is 12.8. The van der Waals surface area contributed by atoms with Gasteiger partial charge in [-0.15, -0.1) is 0 Å². The average molecular weight is 424 g/mol. The van der Waals surface area contributed by atoms with Crippen molar-refractivity contribution in [3.8, 4) is 0 Å². The minimum absolute atomic E-state index is 0.0300. The van der Waals surface area contributed by atoms with Crippen LogP contribution in [0.5, 0.6) is 0 Å². The molecule has 2 aromatic heterocycles. The Kier molecular flexibility index (Phi) is 5.89. The van der Waals surface area contributed by atoms with Crippen molar-refractivity contribution in [2.45, 2.75) is 44.1 Å². The van der Waals surface area contributed by atoms with Crippen molar-refractivity contribution < 1.29 is 22.7 Å². The first kappa shape index (κ1) is 20.6. The molecule has 2 saturated heterocycles. The number of piperidine rings is 1.